The highest BCUT2D eigenvalue weighted by Crippen LogP contribution is 2.25. The molecule has 0 bridgehead atoms. The molecule has 1 fully saturated rings. The number of benzene rings is 2. The summed E-state index contributed by atoms with van der Waals surface area (Å²) < 4.78 is 34.6. The van der Waals surface area contributed by atoms with Crippen LogP contribution in [-0.4, -0.2) is 66.4 Å². The number of anilines is 2. The minimum absolute atomic E-state index is 0.0853. The predicted molar refractivity (Wildman–Crippen MR) is 145 cm³/mol. The molecule has 1 aliphatic heterocycles. The number of carbonyl (C=O) groups excluding carboxylic acids is 2. The largest absolute Gasteiger partial charge is 0.454 e. The van der Waals surface area contributed by atoms with Crippen LogP contribution in [0.4, 0.5) is 11.5 Å². The smallest absolute Gasteiger partial charge is 0.340 e. The molecule has 2 N–H and O–H groups in total. The first-order chi connectivity index (χ1) is 18.4. The van der Waals surface area contributed by atoms with Gasteiger partial charge >= 0.3 is 11.7 Å². The molecule has 2 aromatic carbocycles. The van der Waals surface area contributed by atoms with Crippen LogP contribution in [0.1, 0.15) is 20.7 Å². The van der Waals surface area contributed by atoms with Crippen molar-refractivity contribution < 1.29 is 22.7 Å². The lowest BCUT2D eigenvalue weighted by molar-refractivity contribution is 0.0474. The maximum Gasteiger partial charge on any atom is 0.340 e. The summed E-state index contributed by atoms with van der Waals surface area (Å²) in [7, 11) is -1.49. The predicted octanol–water partition coefficient (Wildman–Crippen LogP) is 0.870. The monoisotopic (exact) mass is 575 g/mol. The van der Waals surface area contributed by atoms with Crippen molar-refractivity contribution in [3.8, 4) is 0 Å². The molecule has 0 radical (unpaired) electrons. The van der Waals surface area contributed by atoms with E-state index in [1.807, 2.05) is 30.3 Å². The first kappa shape index (κ1) is 28.1. The van der Waals surface area contributed by atoms with Crippen LogP contribution < -0.4 is 21.9 Å². The standard InChI is InChI=1S/C25H26ClN5O7S/c1-28-22(27)21(23(33)29(2)25(28)35)20(32)15-38-24(34)18-14-17(8-9-19(18)26)39(36,37)31-12-10-30(11-13-31)16-6-4-3-5-7-16/h3-9,14H,10-13,15,27H2,1-2H3. The number of rotatable bonds is 7. The molecule has 2 heterocycles. The number of aromatic nitrogens is 2. The second-order valence-corrected chi connectivity index (χ2v) is 11.2. The lowest BCUT2D eigenvalue weighted by Crippen LogP contribution is -2.48. The van der Waals surface area contributed by atoms with Gasteiger partial charge in [-0.05, 0) is 30.3 Å². The van der Waals surface area contributed by atoms with E-state index in [2.05, 4.69) is 4.90 Å². The van der Waals surface area contributed by atoms with E-state index in [-0.39, 0.29) is 34.4 Å². The molecule has 0 unspecified atom stereocenters. The van der Waals surface area contributed by atoms with Crippen molar-refractivity contribution in [3.63, 3.8) is 0 Å². The van der Waals surface area contributed by atoms with Gasteiger partial charge in [-0.2, -0.15) is 4.31 Å². The average Bonchev–Trinajstić information content (AvgIpc) is 2.94. The van der Waals surface area contributed by atoms with Crippen molar-refractivity contribution in [2.75, 3.05) is 43.4 Å². The van der Waals surface area contributed by atoms with Gasteiger partial charge in [-0.1, -0.05) is 29.8 Å². The number of nitrogens with two attached hydrogens (primary N) is 1. The Morgan fingerprint density at radius 1 is 0.974 bits per heavy atom. The van der Waals surface area contributed by atoms with E-state index in [0.717, 1.165) is 16.3 Å². The molecular formula is C25H26ClN5O7S. The van der Waals surface area contributed by atoms with Gasteiger partial charge in [0.15, 0.2) is 6.61 Å². The van der Waals surface area contributed by atoms with Crippen molar-refractivity contribution in [1.29, 1.82) is 0 Å². The van der Waals surface area contributed by atoms with Crippen molar-refractivity contribution in [2.24, 2.45) is 14.1 Å². The summed E-state index contributed by atoms with van der Waals surface area (Å²) in [5, 5.41) is -0.0853. The third-order valence-electron chi connectivity index (χ3n) is 6.48. The van der Waals surface area contributed by atoms with Crippen molar-refractivity contribution >= 4 is 44.9 Å². The van der Waals surface area contributed by atoms with Crippen LogP contribution in [0.15, 0.2) is 63.0 Å². The number of carbonyl (C=O) groups is 2. The lowest BCUT2D eigenvalue weighted by Gasteiger charge is -2.35. The number of hydrogen-bond acceptors (Lipinski definition) is 9. The van der Waals surface area contributed by atoms with Crippen LogP contribution in [-0.2, 0) is 28.9 Å². The summed E-state index contributed by atoms with van der Waals surface area (Å²) >= 11 is 6.14. The first-order valence-corrected chi connectivity index (χ1v) is 13.6. The Labute approximate surface area is 228 Å². The Kier molecular flexibility index (Phi) is 7.95. The Morgan fingerprint density at radius 3 is 2.26 bits per heavy atom. The molecule has 206 valence electrons. The molecule has 0 atom stereocenters. The third-order valence-corrected chi connectivity index (χ3v) is 8.70. The first-order valence-electron chi connectivity index (χ1n) is 11.8. The van der Waals surface area contributed by atoms with Crippen LogP contribution in [0.25, 0.3) is 0 Å². The summed E-state index contributed by atoms with van der Waals surface area (Å²) in [5.41, 5.74) is 4.33. The van der Waals surface area contributed by atoms with Crippen molar-refractivity contribution in [3.05, 3.63) is 85.5 Å². The number of para-hydroxylation sites is 1. The number of nitrogens with zero attached hydrogens (tertiary/aromatic N) is 4. The summed E-state index contributed by atoms with van der Waals surface area (Å²) in [6, 6.07) is 13.3. The van der Waals surface area contributed by atoms with Crippen LogP contribution in [0, 0.1) is 0 Å². The highest BCUT2D eigenvalue weighted by atomic mass is 35.5. The van der Waals surface area contributed by atoms with Gasteiger partial charge in [-0.15, -0.1) is 0 Å². The lowest BCUT2D eigenvalue weighted by atomic mass is 10.2. The summed E-state index contributed by atoms with van der Waals surface area (Å²) in [6.45, 7) is 0.572. The fraction of sp³-hybridized carbons (Fsp3) is 0.280. The van der Waals surface area contributed by atoms with Crippen LogP contribution in [0.3, 0.4) is 0 Å². The van der Waals surface area contributed by atoms with E-state index in [4.69, 9.17) is 22.1 Å². The van der Waals surface area contributed by atoms with E-state index in [1.54, 1.807) is 0 Å². The van der Waals surface area contributed by atoms with Crippen LogP contribution in [0.2, 0.25) is 5.02 Å². The molecule has 12 nitrogen and oxygen atoms in total. The van der Waals surface area contributed by atoms with Crippen LogP contribution in [0.5, 0.6) is 0 Å². The number of esters is 1. The summed E-state index contributed by atoms with van der Waals surface area (Å²) in [6.07, 6.45) is 0. The number of halogens is 1. The molecule has 4 rings (SSSR count). The van der Waals surface area contributed by atoms with Gasteiger partial charge in [0.25, 0.3) is 5.56 Å². The van der Waals surface area contributed by atoms with E-state index < -0.39 is 45.2 Å². The average molecular weight is 576 g/mol. The molecule has 1 aromatic heterocycles. The number of nitrogen functional groups attached to an aromatic ring is 1. The van der Waals surface area contributed by atoms with Gasteiger partial charge in [0, 0.05) is 46.0 Å². The number of piperazine rings is 1. The van der Waals surface area contributed by atoms with Gasteiger partial charge in [0.1, 0.15) is 11.4 Å². The van der Waals surface area contributed by atoms with Crippen molar-refractivity contribution in [2.45, 2.75) is 4.90 Å². The number of sulfonamides is 1. The quantitative estimate of drug-likeness (QED) is 0.319. The summed E-state index contributed by atoms with van der Waals surface area (Å²) in [4.78, 5) is 51.7. The van der Waals surface area contributed by atoms with Crippen molar-refractivity contribution in [1.82, 2.24) is 13.4 Å². The number of hydrogen-bond donors (Lipinski definition) is 1. The highest BCUT2D eigenvalue weighted by Gasteiger charge is 2.30. The topological polar surface area (TPSA) is 154 Å². The number of Topliss-reactive ketones (excluding diaryl/α,β-unsaturated/α-hetero) is 1. The number of ether oxygens (including phenoxy) is 1. The fourth-order valence-electron chi connectivity index (χ4n) is 4.20. The van der Waals surface area contributed by atoms with Gasteiger partial charge < -0.3 is 15.4 Å². The molecule has 3 aromatic rings. The second kappa shape index (κ2) is 11.0. The highest BCUT2D eigenvalue weighted by molar-refractivity contribution is 7.89. The minimum Gasteiger partial charge on any atom is -0.454 e. The van der Waals surface area contributed by atoms with E-state index in [9.17, 15) is 27.6 Å². The normalized spacial score (nSPS) is 14.3. The minimum atomic E-state index is -3.96. The van der Waals surface area contributed by atoms with E-state index in [1.165, 1.54) is 30.5 Å². The fourth-order valence-corrected chi connectivity index (χ4v) is 5.84. The molecule has 39 heavy (non-hydrogen) atoms. The molecule has 0 saturated carbocycles. The maximum absolute atomic E-state index is 13.3. The number of ketones is 1. The Morgan fingerprint density at radius 2 is 1.62 bits per heavy atom. The SMILES string of the molecule is Cn1c(N)c(C(=O)COC(=O)c2cc(S(=O)(=O)N3CCN(c4ccccc4)CC3)ccc2Cl)c(=O)n(C)c1=O. The zero-order valence-electron chi connectivity index (χ0n) is 21.2. The Hall–Kier alpha value is -3.94. The molecule has 1 aliphatic rings. The van der Waals surface area contributed by atoms with E-state index >= 15 is 0 Å². The summed E-state index contributed by atoms with van der Waals surface area (Å²) in [5.74, 6) is -2.38. The molecule has 14 heteroatoms. The zero-order chi connectivity index (χ0) is 28.5. The van der Waals surface area contributed by atoms with Gasteiger partial charge in [-0.25, -0.2) is 18.0 Å². The third kappa shape index (κ3) is 5.46. The zero-order valence-corrected chi connectivity index (χ0v) is 22.7. The van der Waals surface area contributed by atoms with Gasteiger partial charge in [-0.3, -0.25) is 18.7 Å². The molecule has 0 spiro atoms. The Balaban J connectivity index is 1.49. The Bertz CT molecular complexity index is 1660. The van der Waals surface area contributed by atoms with Crippen LogP contribution >= 0.6 is 11.6 Å². The molecule has 0 aliphatic carbocycles. The second-order valence-electron chi connectivity index (χ2n) is 8.83. The maximum atomic E-state index is 13.3. The molecular weight excluding hydrogens is 550 g/mol. The van der Waals surface area contributed by atoms with E-state index in [0.29, 0.717) is 17.7 Å². The van der Waals surface area contributed by atoms with Gasteiger partial charge in [0.05, 0.1) is 15.5 Å². The molecule has 0 amide bonds. The van der Waals surface area contributed by atoms with Gasteiger partial charge in [0.2, 0.25) is 15.8 Å². The molecule has 1 saturated heterocycles.